The van der Waals surface area contributed by atoms with E-state index in [0.717, 1.165) is 18.5 Å². The van der Waals surface area contributed by atoms with Crippen molar-refractivity contribution in [2.24, 2.45) is 10.4 Å². The summed E-state index contributed by atoms with van der Waals surface area (Å²) in [6.45, 7) is 5.73. The molecule has 0 bridgehead atoms. The number of guanidine groups is 1. The fourth-order valence-corrected chi connectivity index (χ4v) is 3.76. The Bertz CT molecular complexity index is 376. The maximum Gasteiger partial charge on any atom is 0.193 e. The molecule has 2 saturated carbocycles. The lowest BCUT2D eigenvalue weighted by Crippen LogP contribution is -2.47. The van der Waals surface area contributed by atoms with E-state index < -0.39 is 0 Å². The summed E-state index contributed by atoms with van der Waals surface area (Å²) in [5.74, 6) is 1.12. The molecular formula is C16H31IN4. The second-order valence-electron chi connectivity index (χ2n) is 7.20. The quantitative estimate of drug-likeness (QED) is 0.442. The Morgan fingerprint density at radius 3 is 2.57 bits per heavy atom. The number of nitrogens with zero attached hydrogens (tertiary/aromatic N) is 3. The van der Waals surface area contributed by atoms with Crippen molar-refractivity contribution >= 4 is 29.9 Å². The van der Waals surface area contributed by atoms with E-state index in [9.17, 15) is 0 Å². The third-order valence-electron chi connectivity index (χ3n) is 5.74. The predicted molar refractivity (Wildman–Crippen MR) is 99.5 cm³/mol. The van der Waals surface area contributed by atoms with Crippen LogP contribution < -0.4 is 5.32 Å². The predicted octanol–water partition coefficient (Wildman–Crippen LogP) is 2.54. The zero-order valence-corrected chi connectivity index (χ0v) is 16.1. The lowest BCUT2D eigenvalue weighted by Gasteiger charge is -2.38. The molecule has 5 heteroatoms. The van der Waals surface area contributed by atoms with Crippen LogP contribution in [0.15, 0.2) is 4.99 Å². The molecule has 4 nitrogen and oxygen atoms in total. The van der Waals surface area contributed by atoms with Gasteiger partial charge in [-0.2, -0.15) is 0 Å². The van der Waals surface area contributed by atoms with Crippen molar-refractivity contribution in [1.29, 1.82) is 0 Å². The van der Waals surface area contributed by atoms with Gasteiger partial charge >= 0.3 is 0 Å². The average molecular weight is 406 g/mol. The van der Waals surface area contributed by atoms with Crippen LogP contribution in [0.3, 0.4) is 0 Å². The number of hydrogen-bond acceptors (Lipinski definition) is 2. The highest BCUT2D eigenvalue weighted by atomic mass is 127. The molecule has 0 radical (unpaired) electrons. The average Bonchev–Trinajstić information content (AvgIpc) is 3.16. The van der Waals surface area contributed by atoms with Crippen LogP contribution >= 0.6 is 24.0 Å². The minimum absolute atomic E-state index is 0. The topological polar surface area (TPSA) is 30.9 Å². The molecule has 1 spiro atoms. The van der Waals surface area contributed by atoms with Gasteiger partial charge in [0.2, 0.25) is 0 Å². The van der Waals surface area contributed by atoms with Crippen molar-refractivity contribution in [2.45, 2.75) is 57.5 Å². The normalized spacial score (nSPS) is 25.7. The number of likely N-dealkylation sites (N-methyl/N-ethyl adjacent to an activating group) is 1. The fourth-order valence-electron chi connectivity index (χ4n) is 3.76. The van der Waals surface area contributed by atoms with Crippen LogP contribution in [0.4, 0.5) is 0 Å². The van der Waals surface area contributed by atoms with Crippen molar-refractivity contribution in [3.8, 4) is 0 Å². The van der Waals surface area contributed by atoms with Gasteiger partial charge in [0.1, 0.15) is 0 Å². The highest BCUT2D eigenvalue weighted by Gasteiger charge is 2.43. The highest BCUT2D eigenvalue weighted by Crippen LogP contribution is 2.47. The van der Waals surface area contributed by atoms with E-state index in [4.69, 9.17) is 0 Å². The summed E-state index contributed by atoms with van der Waals surface area (Å²) < 4.78 is 0. The van der Waals surface area contributed by atoms with Crippen LogP contribution in [0.2, 0.25) is 0 Å². The van der Waals surface area contributed by atoms with Gasteiger partial charge < -0.3 is 10.2 Å². The summed E-state index contributed by atoms with van der Waals surface area (Å²) in [4.78, 5) is 9.49. The Kier molecular flexibility index (Phi) is 5.79. The third kappa shape index (κ3) is 3.84. The minimum Gasteiger partial charge on any atom is -0.355 e. The van der Waals surface area contributed by atoms with E-state index in [1.165, 1.54) is 51.6 Å². The molecule has 3 rings (SSSR count). The number of nitrogens with one attached hydrogen (secondary N) is 1. The van der Waals surface area contributed by atoms with Gasteiger partial charge in [-0.25, -0.2) is 0 Å². The van der Waals surface area contributed by atoms with E-state index in [1.807, 2.05) is 7.05 Å². The Labute approximate surface area is 146 Å². The van der Waals surface area contributed by atoms with Gasteiger partial charge in [0.05, 0.1) is 0 Å². The van der Waals surface area contributed by atoms with Gasteiger partial charge in [0.25, 0.3) is 0 Å². The first-order valence-corrected chi connectivity index (χ1v) is 8.31. The molecule has 1 aliphatic heterocycles. The fraction of sp³-hybridized carbons (Fsp3) is 0.938. The maximum atomic E-state index is 4.50. The molecule has 1 atom stereocenters. The van der Waals surface area contributed by atoms with E-state index >= 15 is 0 Å². The second kappa shape index (κ2) is 7.02. The second-order valence-corrected chi connectivity index (χ2v) is 7.20. The molecule has 1 N–H and O–H groups in total. The molecule has 0 aromatic heterocycles. The van der Waals surface area contributed by atoms with E-state index in [1.54, 1.807) is 0 Å². The zero-order chi connectivity index (χ0) is 14.2. The van der Waals surface area contributed by atoms with Crippen molar-refractivity contribution in [2.75, 3.05) is 33.7 Å². The molecule has 0 aromatic carbocycles. The SMILES string of the molecule is CN=C(NCC(C)N(C)C1CC1)N1CCC2(CCC2)C1.I. The van der Waals surface area contributed by atoms with Gasteiger partial charge in [0.15, 0.2) is 5.96 Å². The Hall–Kier alpha value is -0.0400. The first-order chi connectivity index (χ1) is 9.63. The van der Waals surface area contributed by atoms with Gasteiger partial charge in [0, 0.05) is 38.8 Å². The van der Waals surface area contributed by atoms with Crippen LogP contribution in [-0.4, -0.2) is 61.6 Å². The van der Waals surface area contributed by atoms with Crippen molar-refractivity contribution in [3.63, 3.8) is 0 Å². The largest absolute Gasteiger partial charge is 0.355 e. The third-order valence-corrected chi connectivity index (χ3v) is 5.74. The van der Waals surface area contributed by atoms with Crippen LogP contribution in [-0.2, 0) is 0 Å². The zero-order valence-electron chi connectivity index (χ0n) is 13.8. The molecular weight excluding hydrogens is 375 g/mol. The molecule has 1 saturated heterocycles. The maximum absolute atomic E-state index is 4.50. The number of rotatable bonds is 4. The standard InChI is InChI=1S/C16H30N4.HI/c1-13(19(3)14-5-6-14)11-18-15(17-2)20-10-9-16(12-20)7-4-8-16;/h13-14H,4-12H2,1-3H3,(H,17,18);1H. The highest BCUT2D eigenvalue weighted by molar-refractivity contribution is 14.0. The number of aliphatic imine (C=N–C) groups is 1. The Morgan fingerprint density at radius 2 is 2.10 bits per heavy atom. The molecule has 3 fully saturated rings. The lowest BCUT2D eigenvalue weighted by molar-refractivity contribution is 0.151. The van der Waals surface area contributed by atoms with Crippen molar-refractivity contribution in [3.05, 3.63) is 0 Å². The number of likely N-dealkylation sites (tertiary alicyclic amines) is 1. The van der Waals surface area contributed by atoms with Gasteiger partial charge in [-0.3, -0.25) is 9.89 Å². The minimum atomic E-state index is 0. The summed E-state index contributed by atoms with van der Waals surface area (Å²) in [6, 6.07) is 1.42. The summed E-state index contributed by atoms with van der Waals surface area (Å²) in [5, 5.41) is 3.59. The summed E-state index contributed by atoms with van der Waals surface area (Å²) in [7, 11) is 4.18. The van der Waals surface area contributed by atoms with Gasteiger partial charge in [-0.1, -0.05) is 6.42 Å². The Balaban J connectivity index is 0.00000161. The molecule has 122 valence electrons. The molecule has 3 aliphatic rings. The van der Waals surface area contributed by atoms with Crippen molar-refractivity contribution in [1.82, 2.24) is 15.1 Å². The van der Waals surface area contributed by atoms with Crippen molar-refractivity contribution < 1.29 is 0 Å². The smallest absolute Gasteiger partial charge is 0.193 e. The summed E-state index contributed by atoms with van der Waals surface area (Å²) >= 11 is 0. The van der Waals surface area contributed by atoms with Gasteiger partial charge in [-0.05, 0) is 51.5 Å². The number of hydrogen-bond donors (Lipinski definition) is 1. The van der Waals surface area contributed by atoms with Crippen LogP contribution in [0.1, 0.15) is 45.4 Å². The first kappa shape index (κ1) is 17.3. The number of halogens is 1. The van der Waals surface area contributed by atoms with E-state index in [-0.39, 0.29) is 24.0 Å². The molecule has 2 aliphatic carbocycles. The summed E-state index contributed by atoms with van der Waals surface area (Å²) in [6.07, 6.45) is 8.42. The molecule has 1 unspecified atom stereocenters. The molecule has 0 amide bonds. The molecule has 0 aromatic rings. The first-order valence-electron chi connectivity index (χ1n) is 8.31. The molecule has 1 heterocycles. The molecule has 21 heavy (non-hydrogen) atoms. The van der Waals surface area contributed by atoms with Gasteiger partial charge in [-0.15, -0.1) is 24.0 Å². The van der Waals surface area contributed by atoms with Crippen LogP contribution in [0, 0.1) is 5.41 Å². The van der Waals surface area contributed by atoms with E-state index in [2.05, 4.69) is 34.1 Å². The monoisotopic (exact) mass is 406 g/mol. The van der Waals surface area contributed by atoms with E-state index in [0.29, 0.717) is 11.5 Å². The lowest BCUT2D eigenvalue weighted by atomic mass is 9.68. The van der Waals surface area contributed by atoms with Crippen LogP contribution in [0.5, 0.6) is 0 Å². The van der Waals surface area contributed by atoms with Crippen LogP contribution in [0.25, 0.3) is 0 Å². The summed E-state index contributed by atoms with van der Waals surface area (Å²) in [5.41, 5.74) is 0.647. The Morgan fingerprint density at radius 1 is 1.38 bits per heavy atom.